The Balaban J connectivity index is 2.79. The van der Waals surface area contributed by atoms with Crippen molar-refractivity contribution in [1.29, 1.82) is 0 Å². The molecule has 0 amide bonds. The van der Waals surface area contributed by atoms with Crippen LogP contribution in [0.5, 0.6) is 0 Å². The lowest BCUT2D eigenvalue weighted by molar-refractivity contribution is 0.0204. The molecule has 7 nitrogen and oxygen atoms in total. The van der Waals surface area contributed by atoms with Crippen LogP contribution in [0.1, 0.15) is 30.4 Å². The minimum Gasteiger partial charge on any atom is -0.477 e. The van der Waals surface area contributed by atoms with Crippen molar-refractivity contribution in [3.8, 4) is 5.69 Å². The van der Waals surface area contributed by atoms with Crippen molar-refractivity contribution in [3.63, 3.8) is 0 Å². The van der Waals surface area contributed by atoms with E-state index in [2.05, 4.69) is 0 Å². The van der Waals surface area contributed by atoms with Crippen molar-refractivity contribution in [2.45, 2.75) is 20.1 Å². The molecule has 0 fully saturated rings. The van der Waals surface area contributed by atoms with Crippen molar-refractivity contribution in [2.75, 3.05) is 6.61 Å². The van der Waals surface area contributed by atoms with Crippen LogP contribution in [0.15, 0.2) is 40.1 Å². The molecule has 23 heavy (non-hydrogen) atoms. The van der Waals surface area contributed by atoms with Crippen LogP contribution in [0, 0.1) is 5.82 Å². The van der Waals surface area contributed by atoms with Gasteiger partial charge >= 0.3 is 11.7 Å². The van der Waals surface area contributed by atoms with Gasteiger partial charge in [-0.2, -0.15) is 0 Å². The van der Waals surface area contributed by atoms with Crippen LogP contribution in [0.3, 0.4) is 0 Å². The molecule has 1 unspecified atom stereocenters. The molecule has 0 aliphatic rings. The maximum absolute atomic E-state index is 13.0. The molecule has 1 N–H and O–H groups in total. The molecule has 1 heterocycles. The molecule has 0 spiro atoms. The number of nitrogens with zero attached hydrogens (tertiary/aromatic N) is 2. The van der Waals surface area contributed by atoms with E-state index in [1.807, 2.05) is 0 Å². The third-order valence-corrected chi connectivity index (χ3v) is 3.23. The zero-order chi connectivity index (χ0) is 17.1. The highest BCUT2D eigenvalue weighted by Crippen LogP contribution is 2.08. The summed E-state index contributed by atoms with van der Waals surface area (Å²) in [6, 6.07) is 4.59. The molecule has 8 heteroatoms. The summed E-state index contributed by atoms with van der Waals surface area (Å²) in [6.45, 7) is 3.57. The van der Waals surface area contributed by atoms with E-state index < -0.39 is 34.8 Å². The monoisotopic (exact) mass is 322 g/mol. The van der Waals surface area contributed by atoms with Crippen molar-refractivity contribution in [1.82, 2.24) is 9.13 Å². The van der Waals surface area contributed by atoms with Crippen LogP contribution in [0.2, 0.25) is 0 Å². The van der Waals surface area contributed by atoms with Gasteiger partial charge in [-0.15, -0.1) is 0 Å². The highest BCUT2D eigenvalue weighted by Gasteiger charge is 2.20. The Morgan fingerprint density at radius 1 is 1.30 bits per heavy atom. The zero-order valence-corrected chi connectivity index (χ0v) is 12.5. The van der Waals surface area contributed by atoms with Crippen LogP contribution in [0.4, 0.5) is 4.39 Å². The van der Waals surface area contributed by atoms with Gasteiger partial charge in [0.05, 0.1) is 5.69 Å². The molecule has 0 radical (unpaired) electrons. The van der Waals surface area contributed by atoms with Gasteiger partial charge < -0.3 is 9.84 Å². The predicted octanol–water partition coefficient (Wildman–Crippen LogP) is 1.39. The number of halogens is 1. The summed E-state index contributed by atoms with van der Waals surface area (Å²) in [4.78, 5) is 36.1. The summed E-state index contributed by atoms with van der Waals surface area (Å²) in [5.41, 5.74) is -2.27. The molecular formula is C15H15FN2O5. The minimum absolute atomic E-state index is 0.0712. The number of rotatable bonds is 5. The van der Waals surface area contributed by atoms with Gasteiger partial charge in [-0.05, 0) is 38.1 Å². The first-order chi connectivity index (χ1) is 10.9. The highest BCUT2D eigenvalue weighted by molar-refractivity contribution is 5.86. The Morgan fingerprint density at radius 2 is 1.91 bits per heavy atom. The van der Waals surface area contributed by atoms with E-state index in [1.54, 1.807) is 13.8 Å². The summed E-state index contributed by atoms with van der Waals surface area (Å²) < 4.78 is 20.0. The van der Waals surface area contributed by atoms with Gasteiger partial charge in [0.2, 0.25) is 0 Å². The number of hydrogen-bond donors (Lipinski definition) is 1. The maximum Gasteiger partial charge on any atom is 0.342 e. The van der Waals surface area contributed by atoms with Gasteiger partial charge in [-0.3, -0.25) is 9.36 Å². The number of aromatic nitrogens is 2. The summed E-state index contributed by atoms with van der Waals surface area (Å²) in [6.07, 6.45) is 0.186. The van der Waals surface area contributed by atoms with Gasteiger partial charge in [0.1, 0.15) is 17.6 Å². The lowest BCUT2D eigenvalue weighted by Gasteiger charge is -2.17. The van der Waals surface area contributed by atoms with E-state index in [1.165, 1.54) is 12.1 Å². The molecule has 0 aliphatic carbocycles. The van der Waals surface area contributed by atoms with E-state index in [0.29, 0.717) is 11.2 Å². The number of carbonyl (C=O) groups is 1. The van der Waals surface area contributed by atoms with Crippen molar-refractivity contribution in [2.24, 2.45) is 0 Å². The van der Waals surface area contributed by atoms with Crippen molar-refractivity contribution in [3.05, 3.63) is 62.7 Å². The molecular weight excluding hydrogens is 307 g/mol. The molecule has 122 valence electrons. The Labute approximate surface area is 130 Å². The number of hydrogen-bond acceptors (Lipinski definition) is 4. The molecule has 1 atom stereocenters. The van der Waals surface area contributed by atoms with Crippen LogP contribution >= 0.6 is 0 Å². The summed E-state index contributed by atoms with van der Waals surface area (Å²) in [5, 5.41) is 9.18. The molecule has 0 saturated carbocycles. The number of carboxylic acid groups (broad SMARTS) is 1. The fraction of sp³-hybridized carbons (Fsp3) is 0.267. The van der Waals surface area contributed by atoms with Crippen LogP contribution in [0.25, 0.3) is 5.69 Å². The first-order valence-electron chi connectivity index (χ1n) is 6.85. The lowest BCUT2D eigenvalue weighted by atomic mass is 10.3. The number of aromatic carboxylic acids is 1. The second-order valence-corrected chi connectivity index (χ2v) is 4.71. The Bertz CT molecular complexity index is 838. The van der Waals surface area contributed by atoms with Gasteiger partial charge in [0.25, 0.3) is 5.56 Å². The maximum atomic E-state index is 13.0. The summed E-state index contributed by atoms with van der Waals surface area (Å²) >= 11 is 0. The largest absolute Gasteiger partial charge is 0.477 e. The quantitative estimate of drug-likeness (QED) is 0.898. The van der Waals surface area contributed by atoms with Crippen LogP contribution < -0.4 is 11.2 Å². The van der Waals surface area contributed by atoms with Gasteiger partial charge in [0, 0.05) is 12.8 Å². The normalized spacial score (nSPS) is 12.1. The molecule has 1 aromatic heterocycles. The van der Waals surface area contributed by atoms with E-state index in [9.17, 15) is 23.9 Å². The fourth-order valence-corrected chi connectivity index (χ4v) is 2.12. The average molecular weight is 322 g/mol. The number of carboxylic acids is 1. The average Bonchev–Trinajstić information content (AvgIpc) is 2.49. The van der Waals surface area contributed by atoms with E-state index >= 15 is 0 Å². The lowest BCUT2D eigenvalue weighted by Crippen LogP contribution is -2.42. The van der Waals surface area contributed by atoms with Crippen molar-refractivity contribution < 1.29 is 19.0 Å². The van der Waals surface area contributed by atoms with E-state index in [4.69, 9.17) is 4.74 Å². The minimum atomic E-state index is -1.47. The molecule has 2 aromatic rings. The summed E-state index contributed by atoms with van der Waals surface area (Å²) in [5.74, 6) is -2.01. The first kappa shape index (κ1) is 16.6. The first-order valence-corrected chi connectivity index (χ1v) is 6.85. The number of ether oxygens (including phenoxy) is 1. The summed E-state index contributed by atoms with van der Waals surface area (Å²) in [7, 11) is 0. The highest BCUT2D eigenvalue weighted by atomic mass is 19.1. The van der Waals surface area contributed by atoms with E-state index in [-0.39, 0.29) is 5.69 Å². The zero-order valence-electron chi connectivity index (χ0n) is 12.5. The topological polar surface area (TPSA) is 90.5 Å². The Morgan fingerprint density at radius 3 is 2.43 bits per heavy atom. The SMILES string of the molecule is CCOC(C)n1cc(C(=O)O)c(=O)n(-c2ccc(F)cc2)c1=O. The molecule has 1 aromatic carbocycles. The Hall–Kier alpha value is -2.74. The molecule has 0 saturated heterocycles. The predicted molar refractivity (Wildman–Crippen MR) is 79.6 cm³/mol. The third kappa shape index (κ3) is 3.21. The second kappa shape index (κ2) is 6.57. The fourth-order valence-electron chi connectivity index (χ4n) is 2.12. The molecule has 2 rings (SSSR count). The van der Waals surface area contributed by atoms with Gasteiger partial charge in [-0.1, -0.05) is 0 Å². The smallest absolute Gasteiger partial charge is 0.342 e. The van der Waals surface area contributed by atoms with E-state index in [0.717, 1.165) is 22.9 Å². The Kier molecular flexibility index (Phi) is 4.75. The standard InChI is InChI=1S/C15H15FN2O5/c1-3-23-9(2)17-8-12(14(20)21)13(19)18(15(17)22)11-6-4-10(16)5-7-11/h4-9H,3H2,1-2H3,(H,20,21). The van der Waals surface area contributed by atoms with Crippen LogP contribution in [-0.4, -0.2) is 26.8 Å². The van der Waals surface area contributed by atoms with Crippen LogP contribution in [-0.2, 0) is 4.74 Å². The number of benzene rings is 1. The second-order valence-electron chi connectivity index (χ2n) is 4.71. The third-order valence-electron chi connectivity index (χ3n) is 3.23. The van der Waals surface area contributed by atoms with Gasteiger partial charge in [0.15, 0.2) is 0 Å². The van der Waals surface area contributed by atoms with Crippen molar-refractivity contribution >= 4 is 5.97 Å². The molecule has 0 bridgehead atoms. The molecule has 0 aliphatic heterocycles. The van der Waals surface area contributed by atoms with Gasteiger partial charge in [-0.25, -0.2) is 18.5 Å².